The average Bonchev–Trinajstić information content (AvgIpc) is 3.46. The average molecular weight is 410 g/mol. The smallest absolute Gasteiger partial charge is 0.193 e. The summed E-state index contributed by atoms with van der Waals surface area (Å²) in [5.41, 5.74) is 2.77. The fourth-order valence-corrected chi connectivity index (χ4v) is 4.94. The Kier molecular flexibility index (Phi) is 7.45. The largest absolute Gasteiger partial charge is 0.357 e. The number of benzene rings is 1. The van der Waals surface area contributed by atoms with E-state index in [9.17, 15) is 0 Å². The second kappa shape index (κ2) is 10.5. The topological polar surface area (TPSA) is 34.1 Å². The monoisotopic (exact) mass is 409 g/mol. The van der Waals surface area contributed by atoms with Crippen molar-refractivity contribution in [1.29, 1.82) is 0 Å². The number of nitrogens with zero attached hydrogens (tertiary/aromatic N) is 4. The summed E-state index contributed by atoms with van der Waals surface area (Å²) < 4.78 is 0. The predicted octanol–water partition coefficient (Wildman–Crippen LogP) is 3.12. The highest BCUT2D eigenvalue weighted by molar-refractivity contribution is 5.80. The molecule has 4 rings (SSSR count). The molecule has 0 spiro atoms. The molecule has 3 aliphatic heterocycles. The summed E-state index contributed by atoms with van der Waals surface area (Å²) in [5.74, 6) is 1.85. The summed E-state index contributed by atoms with van der Waals surface area (Å²) in [4.78, 5) is 12.8. The lowest BCUT2D eigenvalue weighted by atomic mass is 9.96. The minimum atomic E-state index is 0.675. The summed E-state index contributed by atoms with van der Waals surface area (Å²) in [6.07, 6.45) is 8.37. The number of hydrogen-bond donors (Lipinski definition) is 1. The lowest BCUT2D eigenvalue weighted by Crippen LogP contribution is -2.43. The van der Waals surface area contributed by atoms with E-state index >= 15 is 0 Å². The Labute approximate surface area is 182 Å². The summed E-state index contributed by atoms with van der Waals surface area (Å²) in [7, 11) is 0. The SMILES string of the molecule is CCNC(=NCC1CCN(Cc2ccc(C)cc2)CC1)N1CCC(N2CC=CC2)C1. The molecule has 3 aliphatic rings. The highest BCUT2D eigenvalue weighted by Crippen LogP contribution is 2.21. The molecule has 1 N–H and O–H groups in total. The molecule has 2 saturated heterocycles. The Morgan fingerprint density at radius 3 is 2.47 bits per heavy atom. The van der Waals surface area contributed by atoms with Crippen molar-refractivity contribution in [2.45, 2.75) is 45.7 Å². The number of hydrogen-bond acceptors (Lipinski definition) is 3. The van der Waals surface area contributed by atoms with Crippen molar-refractivity contribution in [1.82, 2.24) is 20.0 Å². The van der Waals surface area contributed by atoms with Crippen molar-refractivity contribution in [3.05, 3.63) is 47.5 Å². The van der Waals surface area contributed by atoms with Crippen LogP contribution in [0.2, 0.25) is 0 Å². The number of rotatable bonds is 6. The highest BCUT2D eigenvalue weighted by Gasteiger charge is 2.29. The van der Waals surface area contributed by atoms with Crippen LogP contribution in [0.25, 0.3) is 0 Å². The van der Waals surface area contributed by atoms with Gasteiger partial charge in [-0.05, 0) is 57.7 Å². The number of guanidine groups is 1. The number of piperidine rings is 1. The first-order valence-electron chi connectivity index (χ1n) is 11.9. The normalized spacial score (nSPS) is 24.1. The van der Waals surface area contributed by atoms with Gasteiger partial charge in [-0.1, -0.05) is 42.0 Å². The molecule has 0 aliphatic carbocycles. The lowest BCUT2D eigenvalue weighted by Gasteiger charge is -2.31. The number of aliphatic imine (C=N–C) groups is 1. The van der Waals surface area contributed by atoms with E-state index in [2.05, 4.69) is 70.3 Å². The summed E-state index contributed by atoms with van der Waals surface area (Å²) in [5, 5.41) is 3.55. The summed E-state index contributed by atoms with van der Waals surface area (Å²) in [6, 6.07) is 9.67. The van der Waals surface area contributed by atoms with Crippen molar-refractivity contribution >= 4 is 5.96 Å². The van der Waals surface area contributed by atoms with E-state index in [1.54, 1.807) is 0 Å². The van der Waals surface area contributed by atoms with Crippen molar-refractivity contribution in [3.63, 3.8) is 0 Å². The molecule has 30 heavy (non-hydrogen) atoms. The van der Waals surface area contributed by atoms with Crippen LogP contribution in [0.5, 0.6) is 0 Å². The van der Waals surface area contributed by atoms with E-state index in [4.69, 9.17) is 4.99 Å². The van der Waals surface area contributed by atoms with E-state index in [0.29, 0.717) is 12.0 Å². The standard InChI is InChI=1S/C25H39N5/c1-3-26-25(30-17-12-24(20-30)29-13-4-5-14-29)27-18-22-10-15-28(16-11-22)19-23-8-6-21(2)7-9-23/h4-9,22,24H,3,10-20H2,1-2H3,(H,26,27). The second-order valence-electron chi connectivity index (χ2n) is 9.21. The predicted molar refractivity (Wildman–Crippen MR) is 126 cm³/mol. The van der Waals surface area contributed by atoms with Crippen molar-refractivity contribution in [2.24, 2.45) is 10.9 Å². The quantitative estimate of drug-likeness (QED) is 0.445. The Morgan fingerprint density at radius 2 is 1.77 bits per heavy atom. The van der Waals surface area contributed by atoms with Crippen LogP contribution in [0, 0.1) is 12.8 Å². The van der Waals surface area contributed by atoms with Crippen LogP contribution in [-0.4, -0.2) is 79.1 Å². The summed E-state index contributed by atoms with van der Waals surface area (Å²) in [6.45, 7) is 14.2. The molecule has 1 aromatic carbocycles. The maximum absolute atomic E-state index is 5.08. The minimum Gasteiger partial charge on any atom is -0.357 e. The van der Waals surface area contributed by atoms with Gasteiger partial charge < -0.3 is 10.2 Å². The van der Waals surface area contributed by atoms with Crippen molar-refractivity contribution in [2.75, 3.05) is 52.4 Å². The fraction of sp³-hybridized carbons (Fsp3) is 0.640. The van der Waals surface area contributed by atoms with E-state index < -0.39 is 0 Å². The highest BCUT2D eigenvalue weighted by atomic mass is 15.3. The van der Waals surface area contributed by atoms with Gasteiger partial charge in [0.25, 0.3) is 0 Å². The van der Waals surface area contributed by atoms with Crippen molar-refractivity contribution < 1.29 is 0 Å². The zero-order chi connectivity index (χ0) is 20.8. The minimum absolute atomic E-state index is 0.675. The molecule has 3 heterocycles. The van der Waals surface area contributed by atoms with Gasteiger partial charge in [-0.3, -0.25) is 14.8 Å². The van der Waals surface area contributed by atoms with Gasteiger partial charge in [-0.2, -0.15) is 0 Å². The van der Waals surface area contributed by atoms with E-state index in [1.807, 2.05) is 0 Å². The van der Waals surface area contributed by atoms with Gasteiger partial charge in [-0.25, -0.2) is 0 Å². The van der Waals surface area contributed by atoms with Gasteiger partial charge >= 0.3 is 0 Å². The van der Waals surface area contributed by atoms with Crippen LogP contribution in [0.3, 0.4) is 0 Å². The van der Waals surface area contributed by atoms with Gasteiger partial charge in [0.1, 0.15) is 0 Å². The molecule has 5 heteroatoms. The van der Waals surface area contributed by atoms with Gasteiger partial charge in [0.2, 0.25) is 0 Å². The van der Waals surface area contributed by atoms with Crippen LogP contribution in [0.4, 0.5) is 0 Å². The second-order valence-corrected chi connectivity index (χ2v) is 9.21. The molecule has 0 radical (unpaired) electrons. The zero-order valence-electron chi connectivity index (χ0n) is 18.9. The molecule has 0 amide bonds. The first kappa shape index (κ1) is 21.4. The molecule has 1 aromatic rings. The third kappa shape index (κ3) is 5.64. The number of nitrogens with one attached hydrogen (secondary N) is 1. The van der Waals surface area contributed by atoms with Crippen LogP contribution < -0.4 is 5.32 Å². The zero-order valence-corrected chi connectivity index (χ0v) is 18.9. The molecular formula is C25H39N5. The van der Waals surface area contributed by atoms with Gasteiger partial charge in [-0.15, -0.1) is 0 Å². The first-order valence-corrected chi connectivity index (χ1v) is 11.9. The van der Waals surface area contributed by atoms with Crippen molar-refractivity contribution in [3.8, 4) is 0 Å². The number of aryl methyl sites for hydroxylation is 1. The molecule has 1 atom stereocenters. The Morgan fingerprint density at radius 1 is 1.03 bits per heavy atom. The first-order chi connectivity index (χ1) is 14.7. The van der Waals surface area contributed by atoms with E-state index in [0.717, 1.165) is 51.8 Å². The molecule has 164 valence electrons. The maximum Gasteiger partial charge on any atom is 0.193 e. The number of likely N-dealkylation sites (tertiary alicyclic amines) is 2. The molecular weight excluding hydrogens is 370 g/mol. The summed E-state index contributed by atoms with van der Waals surface area (Å²) >= 11 is 0. The molecule has 0 aromatic heterocycles. The van der Waals surface area contributed by atoms with Gasteiger partial charge in [0.05, 0.1) is 0 Å². The van der Waals surface area contributed by atoms with Crippen LogP contribution in [0.15, 0.2) is 41.4 Å². The van der Waals surface area contributed by atoms with Crippen LogP contribution in [-0.2, 0) is 6.54 Å². The molecule has 2 fully saturated rings. The maximum atomic E-state index is 5.08. The van der Waals surface area contributed by atoms with Crippen LogP contribution in [0.1, 0.15) is 37.3 Å². The van der Waals surface area contributed by atoms with E-state index in [-0.39, 0.29) is 0 Å². The van der Waals surface area contributed by atoms with E-state index in [1.165, 1.54) is 43.5 Å². The molecule has 5 nitrogen and oxygen atoms in total. The van der Waals surface area contributed by atoms with Crippen LogP contribution >= 0.6 is 0 Å². The third-order valence-corrected chi connectivity index (χ3v) is 6.89. The Bertz CT molecular complexity index is 710. The van der Waals surface area contributed by atoms with Gasteiger partial charge in [0.15, 0.2) is 5.96 Å². The Hall–Kier alpha value is -1.85. The lowest BCUT2D eigenvalue weighted by molar-refractivity contribution is 0.180. The Balaban J connectivity index is 1.24. The third-order valence-electron chi connectivity index (χ3n) is 6.89. The van der Waals surface area contributed by atoms with Gasteiger partial charge in [0, 0.05) is 51.9 Å². The molecule has 0 saturated carbocycles. The molecule has 0 bridgehead atoms. The fourth-order valence-electron chi connectivity index (χ4n) is 4.94. The molecule has 1 unspecified atom stereocenters.